The molecular formula is C12H8N2O2. The largest absolute Gasteiger partial charge is 0.429 e. The number of rotatable bonds is 2. The Morgan fingerprint density at radius 1 is 1.31 bits per heavy atom. The zero-order valence-corrected chi connectivity index (χ0v) is 8.31. The first-order chi connectivity index (χ1) is 7.88. The lowest BCUT2D eigenvalue weighted by molar-refractivity contribution is -0.120. The zero-order valence-electron chi connectivity index (χ0n) is 8.31. The van der Waals surface area contributed by atoms with Crippen molar-refractivity contribution in [1.82, 2.24) is 0 Å². The fraction of sp³-hybridized carbons (Fsp3) is 0. The molecule has 0 atom stereocenters. The van der Waals surface area contributed by atoms with Gasteiger partial charge in [-0.05, 0) is 11.5 Å². The van der Waals surface area contributed by atoms with Gasteiger partial charge >= 0.3 is 0 Å². The van der Waals surface area contributed by atoms with Gasteiger partial charge in [0.1, 0.15) is 5.75 Å². The molecule has 0 spiro atoms. The van der Waals surface area contributed by atoms with E-state index >= 15 is 0 Å². The Hall–Kier alpha value is -2.36. The number of ether oxygens (including phenoxy) is 1. The maximum absolute atomic E-state index is 10.3. The minimum Gasteiger partial charge on any atom is -0.429 e. The molecule has 78 valence electrons. The van der Waals surface area contributed by atoms with Crippen molar-refractivity contribution in [2.75, 3.05) is 5.43 Å². The van der Waals surface area contributed by atoms with E-state index in [0.717, 1.165) is 22.0 Å². The maximum atomic E-state index is 10.3. The highest BCUT2D eigenvalue weighted by Gasteiger charge is 2.10. The van der Waals surface area contributed by atoms with E-state index in [4.69, 9.17) is 4.74 Å². The molecule has 0 unspecified atom stereocenters. The molecule has 0 aromatic heterocycles. The topological polar surface area (TPSA) is 50.7 Å². The molecule has 1 heterocycles. The molecule has 0 aliphatic carbocycles. The van der Waals surface area contributed by atoms with E-state index < -0.39 is 0 Å². The molecule has 0 fully saturated rings. The van der Waals surface area contributed by atoms with Crippen LogP contribution in [-0.4, -0.2) is 12.7 Å². The molecule has 0 amide bonds. The Morgan fingerprint density at radius 2 is 2.25 bits per heavy atom. The van der Waals surface area contributed by atoms with Gasteiger partial charge in [-0.25, -0.2) is 0 Å². The molecular weight excluding hydrogens is 204 g/mol. The van der Waals surface area contributed by atoms with Crippen LogP contribution in [0, 0.1) is 0 Å². The molecule has 16 heavy (non-hydrogen) atoms. The van der Waals surface area contributed by atoms with Gasteiger partial charge in [-0.3, -0.25) is 10.2 Å². The smallest absolute Gasteiger partial charge is 0.298 e. The molecule has 3 rings (SSSR count). The third-order valence-corrected chi connectivity index (χ3v) is 2.56. The molecule has 0 bridgehead atoms. The fourth-order valence-corrected chi connectivity index (χ4v) is 1.92. The minimum atomic E-state index is 0.420. The van der Waals surface area contributed by atoms with Gasteiger partial charge in [-0.2, -0.15) is 5.10 Å². The van der Waals surface area contributed by atoms with Crippen LogP contribution in [-0.2, 0) is 4.79 Å². The number of benzene rings is 2. The molecule has 0 radical (unpaired) electrons. The number of carbonyl (C=O) groups excluding carboxylic acids is 1. The summed E-state index contributed by atoms with van der Waals surface area (Å²) in [7, 11) is 0. The van der Waals surface area contributed by atoms with Crippen LogP contribution >= 0.6 is 0 Å². The van der Waals surface area contributed by atoms with Crippen LogP contribution in [0.15, 0.2) is 35.4 Å². The molecule has 0 saturated carbocycles. The second kappa shape index (κ2) is 3.34. The average molecular weight is 212 g/mol. The molecule has 1 aliphatic rings. The number of anilines is 1. The monoisotopic (exact) mass is 212 g/mol. The summed E-state index contributed by atoms with van der Waals surface area (Å²) in [5.74, 6) is 0.513. The molecule has 2 aromatic carbocycles. The standard InChI is InChI=1S/C12H8N2O2/c15-7-16-10-4-8-2-1-3-9-6-13-14-11(5-10)12(8)9/h1-7,14H. The molecule has 0 saturated heterocycles. The van der Waals surface area contributed by atoms with E-state index in [1.54, 1.807) is 12.3 Å². The maximum Gasteiger partial charge on any atom is 0.298 e. The van der Waals surface area contributed by atoms with Crippen LogP contribution in [0.1, 0.15) is 5.56 Å². The van der Waals surface area contributed by atoms with Crippen molar-refractivity contribution in [3.8, 4) is 5.75 Å². The summed E-state index contributed by atoms with van der Waals surface area (Å²) in [5, 5.41) is 6.14. The van der Waals surface area contributed by atoms with E-state index in [1.165, 1.54) is 0 Å². The predicted molar refractivity (Wildman–Crippen MR) is 61.9 cm³/mol. The van der Waals surface area contributed by atoms with Crippen LogP contribution < -0.4 is 10.2 Å². The summed E-state index contributed by atoms with van der Waals surface area (Å²) in [6, 6.07) is 9.51. The zero-order chi connectivity index (χ0) is 11.0. The van der Waals surface area contributed by atoms with Crippen molar-refractivity contribution in [1.29, 1.82) is 0 Å². The second-order valence-corrected chi connectivity index (χ2v) is 3.50. The highest BCUT2D eigenvalue weighted by molar-refractivity contribution is 6.09. The van der Waals surface area contributed by atoms with Crippen LogP contribution in [0.4, 0.5) is 5.69 Å². The first-order valence-corrected chi connectivity index (χ1v) is 4.84. The second-order valence-electron chi connectivity index (χ2n) is 3.50. The Balaban J connectivity index is 2.33. The SMILES string of the molecule is O=COc1cc2c3c(cccc3c1)C=NN2. The third kappa shape index (κ3) is 1.24. The fourth-order valence-electron chi connectivity index (χ4n) is 1.92. The van der Waals surface area contributed by atoms with Crippen LogP contribution in [0.2, 0.25) is 0 Å². The van der Waals surface area contributed by atoms with Gasteiger partial charge in [-0.15, -0.1) is 0 Å². The summed E-state index contributed by atoms with van der Waals surface area (Å²) in [4.78, 5) is 10.3. The first-order valence-electron chi connectivity index (χ1n) is 4.84. The van der Waals surface area contributed by atoms with Gasteiger partial charge in [-0.1, -0.05) is 18.2 Å². The number of hydrogen-bond donors (Lipinski definition) is 1. The predicted octanol–water partition coefficient (Wildman–Crippen LogP) is 2.13. The van der Waals surface area contributed by atoms with Gasteiger partial charge in [0, 0.05) is 17.0 Å². The summed E-state index contributed by atoms with van der Waals surface area (Å²) < 4.78 is 4.85. The molecule has 1 N–H and O–H groups in total. The lowest BCUT2D eigenvalue weighted by atomic mass is 10.0. The van der Waals surface area contributed by atoms with E-state index in [-0.39, 0.29) is 0 Å². The number of hydrazone groups is 1. The van der Waals surface area contributed by atoms with E-state index in [1.807, 2.05) is 24.3 Å². The van der Waals surface area contributed by atoms with Crippen molar-refractivity contribution in [3.05, 3.63) is 35.9 Å². The van der Waals surface area contributed by atoms with Crippen LogP contribution in [0.25, 0.3) is 10.8 Å². The van der Waals surface area contributed by atoms with Crippen LogP contribution in [0.3, 0.4) is 0 Å². The van der Waals surface area contributed by atoms with Gasteiger partial charge in [0.2, 0.25) is 0 Å². The van der Waals surface area contributed by atoms with E-state index in [2.05, 4.69) is 10.5 Å². The normalized spacial score (nSPS) is 12.2. The highest BCUT2D eigenvalue weighted by Crippen LogP contribution is 2.32. The van der Waals surface area contributed by atoms with Gasteiger partial charge < -0.3 is 4.74 Å². The van der Waals surface area contributed by atoms with Crippen LogP contribution in [0.5, 0.6) is 5.75 Å². The van der Waals surface area contributed by atoms with Crippen molar-refractivity contribution < 1.29 is 9.53 Å². The third-order valence-electron chi connectivity index (χ3n) is 2.56. The first kappa shape index (κ1) is 8.91. The summed E-state index contributed by atoms with van der Waals surface area (Å²) >= 11 is 0. The molecule has 4 heteroatoms. The number of nitrogens with one attached hydrogen (secondary N) is 1. The van der Waals surface area contributed by atoms with Crippen molar-refractivity contribution >= 4 is 29.1 Å². The Morgan fingerprint density at radius 3 is 3.12 bits per heavy atom. The molecule has 2 aromatic rings. The number of hydrogen-bond acceptors (Lipinski definition) is 4. The number of carbonyl (C=O) groups is 1. The Labute approximate surface area is 91.5 Å². The van der Waals surface area contributed by atoms with Gasteiger partial charge in [0.05, 0.1) is 11.9 Å². The lowest BCUT2D eigenvalue weighted by Crippen LogP contribution is -2.01. The summed E-state index contributed by atoms with van der Waals surface area (Å²) in [5.41, 5.74) is 4.81. The Bertz CT molecular complexity index is 605. The van der Waals surface area contributed by atoms with E-state index in [0.29, 0.717) is 12.2 Å². The quantitative estimate of drug-likeness (QED) is 0.776. The van der Waals surface area contributed by atoms with E-state index in [9.17, 15) is 4.79 Å². The molecule has 1 aliphatic heterocycles. The van der Waals surface area contributed by atoms with Gasteiger partial charge in [0.15, 0.2) is 0 Å². The average Bonchev–Trinajstić information content (AvgIpc) is 2.30. The minimum absolute atomic E-state index is 0.420. The lowest BCUT2D eigenvalue weighted by Gasteiger charge is -2.14. The summed E-state index contributed by atoms with van der Waals surface area (Å²) in [6.45, 7) is 0.420. The van der Waals surface area contributed by atoms with Gasteiger partial charge in [0.25, 0.3) is 6.47 Å². The summed E-state index contributed by atoms with van der Waals surface area (Å²) in [6.07, 6.45) is 1.77. The van der Waals surface area contributed by atoms with Crippen molar-refractivity contribution in [2.24, 2.45) is 5.10 Å². The number of nitrogens with zero attached hydrogens (tertiary/aromatic N) is 1. The van der Waals surface area contributed by atoms with Crippen molar-refractivity contribution in [3.63, 3.8) is 0 Å². The van der Waals surface area contributed by atoms with Crippen molar-refractivity contribution in [2.45, 2.75) is 0 Å². The molecule has 4 nitrogen and oxygen atoms in total. The highest BCUT2D eigenvalue weighted by atomic mass is 16.5. The Kier molecular flexibility index (Phi) is 1.86.